The van der Waals surface area contributed by atoms with Gasteiger partial charge in [-0.3, -0.25) is 0 Å². The van der Waals surface area contributed by atoms with Crippen molar-refractivity contribution in [1.29, 1.82) is 0 Å². The Morgan fingerprint density at radius 1 is 1.05 bits per heavy atom. The first-order valence-electron chi connectivity index (χ1n) is 7.00. The summed E-state index contributed by atoms with van der Waals surface area (Å²) in [6.07, 6.45) is 4.64. The molecule has 1 aromatic rings. The quantitative estimate of drug-likeness (QED) is 0.644. The molecule has 0 spiro atoms. The first kappa shape index (κ1) is 16.6. The van der Waals surface area contributed by atoms with Gasteiger partial charge in [0.25, 0.3) is 0 Å². The highest BCUT2D eigenvalue weighted by Crippen LogP contribution is 2.34. The second-order valence-electron chi connectivity index (χ2n) is 4.62. The first-order chi connectivity index (χ1) is 9.19. The zero-order valence-electron chi connectivity index (χ0n) is 11.8. The predicted octanol–water partition coefficient (Wildman–Crippen LogP) is 5.06. The first-order valence-corrected chi connectivity index (χ1v) is 7.76. The molecule has 0 aliphatic heterocycles. The summed E-state index contributed by atoms with van der Waals surface area (Å²) >= 11 is 12.4. The molecule has 0 aliphatic rings. The molecule has 0 atom stereocenters. The van der Waals surface area contributed by atoms with Gasteiger partial charge in [-0.25, -0.2) is 0 Å². The van der Waals surface area contributed by atoms with E-state index in [0.29, 0.717) is 22.4 Å². The van der Waals surface area contributed by atoms with Crippen molar-refractivity contribution in [2.75, 3.05) is 13.2 Å². The molecule has 1 rings (SSSR count). The maximum atomic E-state index is 6.20. The highest BCUT2D eigenvalue weighted by Gasteiger charge is 2.09. The van der Waals surface area contributed by atoms with Crippen LogP contribution in [0.25, 0.3) is 0 Å². The number of hydrogen-bond acceptors (Lipinski definition) is 2. The average molecular weight is 304 g/mol. The smallest absolute Gasteiger partial charge is 0.156 e. The SMILES string of the molecule is CCCCCNCc1cc(Cl)c(OCCC)c(Cl)c1. The Balaban J connectivity index is 2.52. The third kappa shape index (κ3) is 6.03. The van der Waals surface area contributed by atoms with Gasteiger partial charge in [0.1, 0.15) is 0 Å². The largest absolute Gasteiger partial charge is 0.490 e. The lowest BCUT2D eigenvalue weighted by molar-refractivity contribution is 0.317. The van der Waals surface area contributed by atoms with Crippen LogP contribution in [0.3, 0.4) is 0 Å². The van der Waals surface area contributed by atoms with Gasteiger partial charge in [-0.1, -0.05) is 49.9 Å². The van der Waals surface area contributed by atoms with Crippen LogP contribution in [0.2, 0.25) is 10.0 Å². The number of benzene rings is 1. The zero-order chi connectivity index (χ0) is 14.1. The summed E-state index contributed by atoms with van der Waals surface area (Å²) in [6.45, 7) is 6.70. The predicted molar refractivity (Wildman–Crippen MR) is 83.5 cm³/mol. The van der Waals surface area contributed by atoms with E-state index in [1.54, 1.807) is 0 Å². The molecule has 0 bridgehead atoms. The minimum absolute atomic E-state index is 0.589. The normalized spacial score (nSPS) is 10.7. The van der Waals surface area contributed by atoms with Crippen LogP contribution in [-0.2, 0) is 6.54 Å². The monoisotopic (exact) mass is 303 g/mol. The van der Waals surface area contributed by atoms with Crippen molar-refractivity contribution in [2.24, 2.45) is 0 Å². The van der Waals surface area contributed by atoms with E-state index in [1.807, 2.05) is 12.1 Å². The van der Waals surface area contributed by atoms with Crippen molar-refractivity contribution in [3.05, 3.63) is 27.7 Å². The average Bonchev–Trinajstić information content (AvgIpc) is 2.38. The molecule has 0 aliphatic carbocycles. The van der Waals surface area contributed by atoms with E-state index in [1.165, 1.54) is 19.3 Å². The van der Waals surface area contributed by atoms with Crippen LogP contribution in [-0.4, -0.2) is 13.2 Å². The fourth-order valence-corrected chi connectivity index (χ4v) is 2.43. The Morgan fingerprint density at radius 3 is 2.32 bits per heavy atom. The highest BCUT2D eigenvalue weighted by molar-refractivity contribution is 6.37. The molecule has 1 aromatic carbocycles. The number of unbranched alkanes of at least 4 members (excludes halogenated alkanes) is 2. The van der Waals surface area contributed by atoms with Crippen molar-refractivity contribution < 1.29 is 4.74 Å². The van der Waals surface area contributed by atoms with Crippen molar-refractivity contribution in [3.8, 4) is 5.75 Å². The van der Waals surface area contributed by atoms with Crippen LogP contribution in [0, 0.1) is 0 Å². The van der Waals surface area contributed by atoms with E-state index in [2.05, 4.69) is 19.2 Å². The molecular formula is C15H23Cl2NO. The topological polar surface area (TPSA) is 21.3 Å². The van der Waals surface area contributed by atoms with Gasteiger partial charge in [0.15, 0.2) is 5.75 Å². The molecule has 0 saturated heterocycles. The molecular weight excluding hydrogens is 281 g/mol. The van der Waals surface area contributed by atoms with E-state index >= 15 is 0 Å². The van der Waals surface area contributed by atoms with E-state index in [0.717, 1.165) is 25.1 Å². The molecule has 0 fully saturated rings. The number of ether oxygens (including phenoxy) is 1. The molecule has 0 saturated carbocycles. The van der Waals surface area contributed by atoms with Crippen LogP contribution < -0.4 is 10.1 Å². The third-order valence-electron chi connectivity index (χ3n) is 2.79. The summed E-state index contributed by atoms with van der Waals surface area (Å²) in [5.74, 6) is 0.597. The molecule has 19 heavy (non-hydrogen) atoms. The lowest BCUT2D eigenvalue weighted by atomic mass is 10.2. The second-order valence-corrected chi connectivity index (χ2v) is 5.44. The molecule has 0 heterocycles. The summed E-state index contributed by atoms with van der Waals surface area (Å²) in [7, 11) is 0. The van der Waals surface area contributed by atoms with Gasteiger partial charge in [0, 0.05) is 6.54 Å². The van der Waals surface area contributed by atoms with E-state index in [-0.39, 0.29) is 0 Å². The van der Waals surface area contributed by atoms with Gasteiger partial charge in [-0.2, -0.15) is 0 Å². The summed E-state index contributed by atoms with van der Waals surface area (Å²) in [6, 6.07) is 3.84. The molecule has 0 amide bonds. The molecule has 4 heteroatoms. The lowest BCUT2D eigenvalue weighted by Gasteiger charge is -2.11. The van der Waals surface area contributed by atoms with Gasteiger partial charge in [-0.05, 0) is 37.1 Å². The Morgan fingerprint density at radius 2 is 1.74 bits per heavy atom. The van der Waals surface area contributed by atoms with Crippen LogP contribution in [0.5, 0.6) is 5.75 Å². The maximum Gasteiger partial charge on any atom is 0.156 e. The number of hydrogen-bond donors (Lipinski definition) is 1. The molecule has 1 N–H and O–H groups in total. The summed E-state index contributed by atoms with van der Waals surface area (Å²) < 4.78 is 5.55. The molecule has 0 unspecified atom stereocenters. The molecule has 0 aromatic heterocycles. The number of rotatable bonds is 9. The standard InChI is InChI=1S/C15H23Cl2NO/c1-3-5-6-7-18-11-12-9-13(16)15(14(17)10-12)19-8-4-2/h9-10,18H,3-8,11H2,1-2H3. The number of halogens is 2. The van der Waals surface area contributed by atoms with Gasteiger partial charge in [0.05, 0.1) is 16.7 Å². The fourth-order valence-electron chi connectivity index (χ4n) is 1.79. The van der Waals surface area contributed by atoms with Gasteiger partial charge >= 0.3 is 0 Å². The Hall–Kier alpha value is -0.440. The minimum atomic E-state index is 0.589. The summed E-state index contributed by atoms with van der Waals surface area (Å²) in [4.78, 5) is 0. The number of nitrogens with one attached hydrogen (secondary N) is 1. The van der Waals surface area contributed by atoms with E-state index < -0.39 is 0 Å². The van der Waals surface area contributed by atoms with Crippen LogP contribution >= 0.6 is 23.2 Å². The van der Waals surface area contributed by atoms with E-state index in [9.17, 15) is 0 Å². The van der Waals surface area contributed by atoms with Crippen LogP contribution in [0.1, 0.15) is 45.1 Å². The minimum Gasteiger partial charge on any atom is -0.490 e. The van der Waals surface area contributed by atoms with Gasteiger partial charge in [0.2, 0.25) is 0 Å². The van der Waals surface area contributed by atoms with Crippen molar-refractivity contribution >= 4 is 23.2 Å². The summed E-state index contributed by atoms with van der Waals surface area (Å²) in [5.41, 5.74) is 1.09. The highest BCUT2D eigenvalue weighted by atomic mass is 35.5. The third-order valence-corrected chi connectivity index (χ3v) is 3.36. The maximum absolute atomic E-state index is 6.20. The second kappa shape index (κ2) is 9.46. The molecule has 108 valence electrons. The Bertz CT molecular complexity index is 359. The van der Waals surface area contributed by atoms with Crippen molar-refractivity contribution in [3.63, 3.8) is 0 Å². The van der Waals surface area contributed by atoms with Crippen LogP contribution in [0.15, 0.2) is 12.1 Å². The van der Waals surface area contributed by atoms with Crippen molar-refractivity contribution in [2.45, 2.75) is 46.1 Å². The zero-order valence-corrected chi connectivity index (χ0v) is 13.3. The van der Waals surface area contributed by atoms with Gasteiger partial charge < -0.3 is 10.1 Å². The van der Waals surface area contributed by atoms with Crippen LogP contribution in [0.4, 0.5) is 0 Å². The lowest BCUT2D eigenvalue weighted by Crippen LogP contribution is -2.14. The summed E-state index contributed by atoms with van der Waals surface area (Å²) in [5, 5.41) is 4.57. The Kier molecular flexibility index (Phi) is 8.27. The Labute approximate surface area is 126 Å². The molecule has 2 nitrogen and oxygen atoms in total. The fraction of sp³-hybridized carbons (Fsp3) is 0.600. The van der Waals surface area contributed by atoms with E-state index in [4.69, 9.17) is 27.9 Å². The molecule has 0 radical (unpaired) electrons. The van der Waals surface area contributed by atoms with Gasteiger partial charge in [-0.15, -0.1) is 0 Å². The van der Waals surface area contributed by atoms with Crippen molar-refractivity contribution in [1.82, 2.24) is 5.32 Å².